The highest BCUT2D eigenvalue weighted by Gasteiger charge is 2.12. The van der Waals surface area contributed by atoms with Crippen molar-refractivity contribution in [1.29, 1.82) is 0 Å². The van der Waals surface area contributed by atoms with Gasteiger partial charge in [-0.15, -0.1) is 24.8 Å². The fraction of sp³-hybridized carbons (Fsp3) is 0.333. The monoisotopic (exact) mass is 216 g/mol. The number of hydrogen-bond donors (Lipinski definition) is 1. The van der Waals surface area contributed by atoms with Gasteiger partial charge in [0, 0.05) is 13.1 Å². The molecule has 0 saturated carbocycles. The van der Waals surface area contributed by atoms with Gasteiger partial charge in [0.25, 0.3) is 0 Å². The summed E-state index contributed by atoms with van der Waals surface area (Å²) in [5.41, 5.74) is 0. The van der Waals surface area contributed by atoms with Crippen LogP contribution in [0.3, 0.4) is 0 Å². The summed E-state index contributed by atoms with van der Waals surface area (Å²) in [6.07, 6.45) is 3.13. The lowest BCUT2D eigenvalue weighted by Gasteiger charge is -2.18. The third kappa shape index (κ3) is 4.67. The van der Waals surface area contributed by atoms with E-state index in [9.17, 15) is 9.59 Å². The first-order valence-corrected chi connectivity index (χ1v) is 4.55. The van der Waals surface area contributed by atoms with Gasteiger partial charge in [0.05, 0.1) is 0 Å². The number of urea groups is 1. The molecule has 0 atom stereocenters. The molecular formula is C9H13ClN2O2. The minimum absolute atomic E-state index is 0.234. The van der Waals surface area contributed by atoms with Crippen LogP contribution in [0.4, 0.5) is 4.79 Å². The summed E-state index contributed by atoms with van der Waals surface area (Å²) in [5, 5.41) is 2.12. The first-order valence-electron chi connectivity index (χ1n) is 4.02. The first kappa shape index (κ1) is 12.7. The molecule has 0 spiro atoms. The molecule has 0 rings (SSSR count). The largest absolute Gasteiger partial charge is 0.324 e. The summed E-state index contributed by atoms with van der Waals surface area (Å²) >= 11 is 5.23. The van der Waals surface area contributed by atoms with Crippen molar-refractivity contribution in [3.05, 3.63) is 25.3 Å². The number of nitrogens with one attached hydrogen (secondary N) is 1. The highest BCUT2D eigenvalue weighted by atomic mass is 35.5. The molecule has 3 amide bonds. The van der Waals surface area contributed by atoms with E-state index in [1.807, 2.05) is 0 Å². The number of carbonyl (C=O) groups is 2. The molecule has 1 N–H and O–H groups in total. The molecule has 0 saturated heterocycles. The van der Waals surface area contributed by atoms with Gasteiger partial charge < -0.3 is 4.90 Å². The summed E-state index contributed by atoms with van der Waals surface area (Å²) in [4.78, 5) is 23.5. The zero-order chi connectivity index (χ0) is 11.0. The van der Waals surface area contributed by atoms with E-state index in [1.165, 1.54) is 4.90 Å². The number of nitrogens with zero attached hydrogens (tertiary/aromatic N) is 1. The van der Waals surface area contributed by atoms with Crippen molar-refractivity contribution in [1.82, 2.24) is 10.2 Å². The average Bonchev–Trinajstić information content (AvgIpc) is 2.17. The number of halogens is 1. The van der Waals surface area contributed by atoms with Gasteiger partial charge in [-0.25, -0.2) is 4.79 Å². The zero-order valence-electron chi connectivity index (χ0n) is 7.83. The Balaban J connectivity index is 4.19. The number of rotatable bonds is 5. The molecule has 0 bridgehead atoms. The number of hydrogen-bond acceptors (Lipinski definition) is 2. The van der Waals surface area contributed by atoms with Crippen molar-refractivity contribution in [3.63, 3.8) is 0 Å². The lowest BCUT2D eigenvalue weighted by molar-refractivity contribution is -0.117. The summed E-state index contributed by atoms with van der Waals surface area (Å²) < 4.78 is 0. The Hall–Kier alpha value is -1.29. The molecule has 78 valence electrons. The van der Waals surface area contributed by atoms with Crippen molar-refractivity contribution in [3.8, 4) is 0 Å². The van der Waals surface area contributed by atoms with Gasteiger partial charge in [0.1, 0.15) is 5.88 Å². The molecule has 0 radical (unpaired) electrons. The molecule has 0 aromatic rings. The minimum atomic E-state index is -0.519. The molecule has 0 aliphatic rings. The highest BCUT2D eigenvalue weighted by Crippen LogP contribution is 1.91. The van der Waals surface area contributed by atoms with E-state index in [4.69, 9.17) is 11.6 Å². The first-order chi connectivity index (χ1) is 6.65. The van der Waals surface area contributed by atoms with Gasteiger partial charge in [0.2, 0.25) is 5.91 Å². The maximum Gasteiger partial charge on any atom is 0.324 e. The van der Waals surface area contributed by atoms with Crippen LogP contribution in [0.15, 0.2) is 25.3 Å². The molecule has 0 fully saturated rings. The van der Waals surface area contributed by atoms with Crippen LogP contribution in [0.25, 0.3) is 0 Å². The number of imide groups is 1. The fourth-order valence-electron chi connectivity index (χ4n) is 0.784. The highest BCUT2D eigenvalue weighted by molar-refractivity contribution is 6.28. The predicted molar refractivity (Wildman–Crippen MR) is 56.2 cm³/mol. The van der Waals surface area contributed by atoms with Gasteiger partial charge >= 0.3 is 6.03 Å². The lowest BCUT2D eigenvalue weighted by atomic mass is 10.4. The molecule has 0 aromatic heterocycles. The van der Waals surface area contributed by atoms with Crippen LogP contribution in [0.1, 0.15) is 0 Å². The molecule has 0 heterocycles. The molecular weight excluding hydrogens is 204 g/mol. The maximum absolute atomic E-state index is 11.3. The number of carbonyl (C=O) groups excluding carboxylic acids is 2. The van der Waals surface area contributed by atoms with E-state index in [2.05, 4.69) is 18.5 Å². The summed E-state index contributed by atoms with van der Waals surface area (Å²) in [7, 11) is 0. The Kier molecular flexibility index (Phi) is 6.49. The fourth-order valence-corrected chi connectivity index (χ4v) is 0.851. The van der Waals surface area contributed by atoms with E-state index in [1.54, 1.807) is 12.2 Å². The Labute approximate surface area is 88.2 Å². The van der Waals surface area contributed by atoms with Gasteiger partial charge in [-0.3, -0.25) is 10.1 Å². The summed E-state index contributed by atoms with van der Waals surface area (Å²) in [5.74, 6) is -0.753. The van der Waals surface area contributed by atoms with Crippen molar-refractivity contribution in [2.45, 2.75) is 0 Å². The Morgan fingerprint density at radius 2 is 1.79 bits per heavy atom. The smallest absolute Gasteiger partial charge is 0.317 e. The predicted octanol–water partition coefficient (Wildman–Crippen LogP) is 1.14. The van der Waals surface area contributed by atoms with E-state index < -0.39 is 11.9 Å². The quantitative estimate of drug-likeness (QED) is 0.554. The Morgan fingerprint density at radius 1 is 1.29 bits per heavy atom. The third-order valence-corrected chi connectivity index (χ3v) is 1.60. The normalized spacial score (nSPS) is 8.93. The SMILES string of the molecule is C=CCN(CC=C)C(=O)NC(=O)CCl. The Morgan fingerprint density at radius 3 is 2.14 bits per heavy atom. The van der Waals surface area contributed by atoms with Crippen LogP contribution in [0, 0.1) is 0 Å². The Bertz CT molecular complexity index is 231. The standard InChI is InChI=1S/C9H13ClN2O2/c1-3-5-12(6-4-2)9(14)11-8(13)7-10/h3-4H,1-2,5-7H2,(H,11,13,14). The van der Waals surface area contributed by atoms with Gasteiger partial charge in [-0.2, -0.15) is 0 Å². The van der Waals surface area contributed by atoms with Crippen molar-refractivity contribution in [2.24, 2.45) is 0 Å². The van der Waals surface area contributed by atoms with E-state index in [0.717, 1.165) is 0 Å². The molecule has 0 aliphatic heterocycles. The summed E-state index contributed by atoms with van der Waals surface area (Å²) in [6, 6.07) is -0.490. The second kappa shape index (κ2) is 7.15. The second-order valence-corrected chi connectivity index (χ2v) is 2.74. The van der Waals surface area contributed by atoms with E-state index in [-0.39, 0.29) is 5.88 Å². The van der Waals surface area contributed by atoms with E-state index >= 15 is 0 Å². The maximum atomic E-state index is 11.3. The van der Waals surface area contributed by atoms with Crippen LogP contribution in [-0.4, -0.2) is 35.8 Å². The molecule has 14 heavy (non-hydrogen) atoms. The number of amides is 3. The molecule has 4 nitrogen and oxygen atoms in total. The zero-order valence-corrected chi connectivity index (χ0v) is 8.59. The van der Waals surface area contributed by atoms with Crippen LogP contribution in [0.5, 0.6) is 0 Å². The van der Waals surface area contributed by atoms with Crippen LogP contribution < -0.4 is 5.32 Å². The summed E-state index contributed by atoms with van der Waals surface area (Å²) in [6.45, 7) is 7.70. The molecule has 0 aliphatic carbocycles. The average molecular weight is 217 g/mol. The van der Waals surface area contributed by atoms with Crippen LogP contribution in [0.2, 0.25) is 0 Å². The van der Waals surface area contributed by atoms with Crippen LogP contribution in [-0.2, 0) is 4.79 Å². The van der Waals surface area contributed by atoms with Crippen molar-refractivity contribution < 1.29 is 9.59 Å². The second-order valence-electron chi connectivity index (χ2n) is 2.47. The molecule has 5 heteroatoms. The van der Waals surface area contributed by atoms with Crippen molar-refractivity contribution in [2.75, 3.05) is 19.0 Å². The van der Waals surface area contributed by atoms with Crippen molar-refractivity contribution >= 4 is 23.5 Å². The van der Waals surface area contributed by atoms with Gasteiger partial charge in [-0.1, -0.05) is 12.2 Å². The van der Waals surface area contributed by atoms with Gasteiger partial charge in [-0.05, 0) is 0 Å². The van der Waals surface area contributed by atoms with Gasteiger partial charge in [0.15, 0.2) is 0 Å². The van der Waals surface area contributed by atoms with Crippen LogP contribution >= 0.6 is 11.6 Å². The molecule has 0 aromatic carbocycles. The minimum Gasteiger partial charge on any atom is -0.317 e. The molecule has 0 unspecified atom stereocenters. The topological polar surface area (TPSA) is 49.4 Å². The number of alkyl halides is 1. The lowest BCUT2D eigenvalue weighted by Crippen LogP contribution is -2.43. The third-order valence-electron chi connectivity index (χ3n) is 1.35. The van der Waals surface area contributed by atoms with E-state index in [0.29, 0.717) is 13.1 Å².